The van der Waals surface area contributed by atoms with Gasteiger partial charge in [-0.25, -0.2) is 4.39 Å². The zero-order valence-corrected chi connectivity index (χ0v) is 10.8. The molecule has 0 saturated carbocycles. The lowest BCUT2D eigenvalue weighted by molar-refractivity contribution is -0.131. The number of ether oxygens (including phenoxy) is 2. The van der Waals surface area contributed by atoms with Crippen molar-refractivity contribution in [2.75, 3.05) is 13.9 Å². The van der Waals surface area contributed by atoms with Crippen molar-refractivity contribution < 1.29 is 27.4 Å². The van der Waals surface area contributed by atoms with Crippen LogP contribution in [0.1, 0.15) is 5.56 Å². The molecule has 0 aliphatic rings. The maximum atomic E-state index is 13.3. The molecular formula is C11H12F3NO3S. The Morgan fingerprint density at radius 1 is 1.47 bits per heavy atom. The molecule has 1 rings (SSSR count). The van der Waals surface area contributed by atoms with Gasteiger partial charge in [-0.1, -0.05) is 17.8 Å². The summed E-state index contributed by atoms with van der Waals surface area (Å²) < 4.78 is 48.8. The highest BCUT2D eigenvalue weighted by Gasteiger charge is 2.36. The molecular weight excluding hydrogens is 283 g/mol. The first-order valence-electron chi connectivity index (χ1n) is 5.08. The maximum Gasteiger partial charge on any atom is 0.370 e. The number of benzene rings is 1. The van der Waals surface area contributed by atoms with Gasteiger partial charge in [0.15, 0.2) is 18.4 Å². The maximum absolute atomic E-state index is 13.3. The Balaban J connectivity index is 2.72. The van der Waals surface area contributed by atoms with Gasteiger partial charge in [0.25, 0.3) is 5.91 Å². The summed E-state index contributed by atoms with van der Waals surface area (Å²) in [4.78, 5) is 10.5. The van der Waals surface area contributed by atoms with Crippen molar-refractivity contribution in [1.29, 1.82) is 0 Å². The van der Waals surface area contributed by atoms with E-state index in [0.717, 1.165) is 6.07 Å². The third kappa shape index (κ3) is 4.64. The summed E-state index contributed by atoms with van der Waals surface area (Å²) in [7, 11) is 1.37. The van der Waals surface area contributed by atoms with Crippen molar-refractivity contribution in [3.63, 3.8) is 0 Å². The largest absolute Gasteiger partial charge is 0.464 e. The Labute approximate surface area is 112 Å². The minimum atomic E-state index is -3.66. The van der Waals surface area contributed by atoms with E-state index >= 15 is 0 Å². The van der Waals surface area contributed by atoms with E-state index in [-0.39, 0.29) is 30.1 Å². The normalized spacial score (nSPS) is 11.4. The van der Waals surface area contributed by atoms with E-state index in [1.54, 1.807) is 0 Å². The average Bonchev–Trinajstić information content (AvgIpc) is 2.36. The number of carbonyl (C=O) groups is 1. The second-order valence-corrected chi connectivity index (χ2v) is 4.58. The van der Waals surface area contributed by atoms with Crippen LogP contribution in [0.3, 0.4) is 0 Å². The number of rotatable bonds is 7. The summed E-state index contributed by atoms with van der Waals surface area (Å²) in [5, 5.41) is -3.66. The molecule has 0 aliphatic carbocycles. The van der Waals surface area contributed by atoms with Crippen LogP contribution in [0.2, 0.25) is 0 Å². The first-order valence-corrected chi connectivity index (χ1v) is 6.07. The number of thioether (sulfide) groups is 1. The number of nitrogens with two attached hydrogens (primary N) is 1. The Kier molecular flexibility index (Phi) is 5.49. The lowest BCUT2D eigenvalue weighted by Crippen LogP contribution is -2.32. The molecule has 1 aromatic carbocycles. The molecule has 4 nitrogen and oxygen atoms in total. The molecule has 0 heterocycles. The minimum absolute atomic E-state index is 0.0612. The van der Waals surface area contributed by atoms with E-state index in [0.29, 0.717) is 5.56 Å². The van der Waals surface area contributed by atoms with Crippen molar-refractivity contribution in [2.45, 2.75) is 11.0 Å². The van der Waals surface area contributed by atoms with Gasteiger partial charge in [-0.15, -0.1) is 0 Å². The van der Waals surface area contributed by atoms with Gasteiger partial charge in [0.1, 0.15) is 0 Å². The molecule has 0 aromatic heterocycles. The second kappa shape index (κ2) is 6.67. The van der Waals surface area contributed by atoms with E-state index in [4.69, 9.17) is 4.74 Å². The van der Waals surface area contributed by atoms with E-state index in [1.165, 1.54) is 19.2 Å². The Morgan fingerprint density at radius 2 is 2.16 bits per heavy atom. The fourth-order valence-electron chi connectivity index (χ4n) is 1.12. The number of halogens is 3. The van der Waals surface area contributed by atoms with Crippen LogP contribution in [-0.2, 0) is 15.3 Å². The molecule has 0 bridgehead atoms. The molecule has 0 spiro atoms. The summed E-state index contributed by atoms with van der Waals surface area (Å²) in [6, 6.07) is 3.67. The molecule has 0 fully saturated rings. The molecule has 0 unspecified atom stereocenters. The van der Waals surface area contributed by atoms with Gasteiger partial charge in [-0.2, -0.15) is 8.78 Å². The van der Waals surface area contributed by atoms with Gasteiger partial charge in [0, 0.05) is 12.9 Å². The predicted octanol–water partition coefficient (Wildman–Crippen LogP) is 2.12. The quantitative estimate of drug-likeness (QED) is 0.783. The van der Waals surface area contributed by atoms with Crippen LogP contribution < -0.4 is 10.5 Å². The molecule has 2 N–H and O–H groups in total. The van der Waals surface area contributed by atoms with Crippen LogP contribution in [0.25, 0.3) is 0 Å². The van der Waals surface area contributed by atoms with Crippen LogP contribution in [0.5, 0.6) is 5.75 Å². The number of carbonyl (C=O) groups excluding carboxylic acids is 1. The zero-order valence-electron chi connectivity index (χ0n) is 9.99. The lowest BCUT2D eigenvalue weighted by atomic mass is 10.2. The highest BCUT2D eigenvalue weighted by molar-refractivity contribution is 8.00. The van der Waals surface area contributed by atoms with Gasteiger partial charge in [0.05, 0.1) is 0 Å². The molecule has 19 heavy (non-hydrogen) atoms. The molecule has 0 saturated heterocycles. The van der Waals surface area contributed by atoms with Gasteiger partial charge in [0.2, 0.25) is 0 Å². The van der Waals surface area contributed by atoms with Gasteiger partial charge < -0.3 is 15.2 Å². The standard InChI is InChI=1S/C11H12F3NO3S/c1-17-6-18-9-4-7(2-3-8(9)12)5-19-11(13,14)10(15)16/h2-4H,5-6H2,1H3,(H2,15,16). The topological polar surface area (TPSA) is 61.6 Å². The summed E-state index contributed by atoms with van der Waals surface area (Å²) >= 11 is 0.0612. The number of primary amides is 1. The van der Waals surface area contributed by atoms with Gasteiger partial charge >= 0.3 is 5.25 Å². The highest BCUT2D eigenvalue weighted by Crippen LogP contribution is 2.32. The van der Waals surface area contributed by atoms with Gasteiger partial charge in [-0.05, 0) is 17.7 Å². The smallest absolute Gasteiger partial charge is 0.370 e. The molecule has 8 heteroatoms. The average molecular weight is 295 g/mol. The van der Waals surface area contributed by atoms with E-state index in [2.05, 4.69) is 10.5 Å². The third-order valence-corrected chi connectivity index (χ3v) is 3.08. The third-order valence-electron chi connectivity index (χ3n) is 2.03. The minimum Gasteiger partial charge on any atom is -0.464 e. The van der Waals surface area contributed by atoms with Crippen molar-refractivity contribution >= 4 is 17.7 Å². The molecule has 0 atom stereocenters. The molecule has 1 aromatic rings. The van der Waals surface area contributed by atoms with Crippen molar-refractivity contribution in [3.8, 4) is 5.75 Å². The second-order valence-electron chi connectivity index (χ2n) is 3.49. The lowest BCUT2D eigenvalue weighted by Gasteiger charge is -2.12. The Hall–Kier alpha value is -1.41. The van der Waals surface area contributed by atoms with Crippen LogP contribution >= 0.6 is 11.8 Å². The number of alkyl halides is 2. The summed E-state index contributed by atoms with van der Waals surface area (Å²) in [5.41, 5.74) is 4.92. The Bertz CT molecular complexity index is 457. The number of methoxy groups -OCH3 is 1. The van der Waals surface area contributed by atoms with E-state index in [1.807, 2.05) is 0 Å². The molecule has 0 radical (unpaired) electrons. The first kappa shape index (κ1) is 15.6. The van der Waals surface area contributed by atoms with Crippen LogP contribution in [0.4, 0.5) is 13.2 Å². The Morgan fingerprint density at radius 3 is 2.74 bits per heavy atom. The van der Waals surface area contributed by atoms with Crippen LogP contribution in [0, 0.1) is 5.82 Å². The van der Waals surface area contributed by atoms with Crippen molar-refractivity contribution in [2.24, 2.45) is 5.73 Å². The number of hydrogen-bond acceptors (Lipinski definition) is 4. The number of hydrogen-bond donors (Lipinski definition) is 1. The molecule has 106 valence electrons. The summed E-state index contributed by atoms with van der Waals surface area (Å²) in [6.45, 7) is -0.162. The van der Waals surface area contributed by atoms with E-state index in [9.17, 15) is 18.0 Å². The molecule has 0 aliphatic heterocycles. The van der Waals surface area contributed by atoms with Crippen LogP contribution in [0.15, 0.2) is 18.2 Å². The van der Waals surface area contributed by atoms with E-state index < -0.39 is 17.0 Å². The monoisotopic (exact) mass is 295 g/mol. The van der Waals surface area contributed by atoms with Crippen LogP contribution in [-0.4, -0.2) is 25.1 Å². The molecule has 1 amide bonds. The highest BCUT2D eigenvalue weighted by atomic mass is 32.2. The zero-order chi connectivity index (χ0) is 14.5. The fraction of sp³-hybridized carbons (Fsp3) is 0.364. The van der Waals surface area contributed by atoms with Crippen molar-refractivity contribution in [3.05, 3.63) is 29.6 Å². The summed E-state index contributed by atoms with van der Waals surface area (Å²) in [6.07, 6.45) is 0. The van der Waals surface area contributed by atoms with Crippen molar-refractivity contribution in [1.82, 2.24) is 0 Å². The predicted molar refractivity (Wildman–Crippen MR) is 64.3 cm³/mol. The SMILES string of the molecule is COCOc1cc(CSC(F)(F)C(N)=O)ccc1F. The summed E-state index contributed by atoms with van der Waals surface area (Å²) in [5.74, 6) is -2.66. The number of amides is 1. The fourth-order valence-corrected chi connectivity index (χ4v) is 1.79. The first-order chi connectivity index (χ1) is 8.86. The van der Waals surface area contributed by atoms with Gasteiger partial charge in [-0.3, -0.25) is 4.79 Å².